The summed E-state index contributed by atoms with van der Waals surface area (Å²) in [5.41, 5.74) is 1.14. The fourth-order valence-corrected chi connectivity index (χ4v) is 3.15. The third-order valence-corrected chi connectivity index (χ3v) is 4.91. The van der Waals surface area contributed by atoms with Crippen LogP contribution in [0.15, 0.2) is 34.1 Å². The summed E-state index contributed by atoms with van der Waals surface area (Å²) in [5.74, 6) is 1.48. The van der Waals surface area contributed by atoms with Gasteiger partial charge in [0, 0.05) is 21.9 Å². The molecule has 0 aliphatic carbocycles. The predicted octanol–water partition coefficient (Wildman–Crippen LogP) is 4.38. The van der Waals surface area contributed by atoms with Crippen molar-refractivity contribution in [3.05, 3.63) is 44.6 Å². The van der Waals surface area contributed by atoms with E-state index < -0.39 is 0 Å². The zero-order valence-corrected chi connectivity index (χ0v) is 14.2. The van der Waals surface area contributed by atoms with Gasteiger partial charge in [0.2, 0.25) is 0 Å². The molecule has 0 bridgehead atoms. The monoisotopic (exact) mass is 355 g/mol. The van der Waals surface area contributed by atoms with Gasteiger partial charge in [-0.15, -0.1) is 11.3 Å². The molecule has 2 rings (SSSR count). The van der Waals surface area contributed by atoms with E-state index in [-0.39, 0.29) is 0 Å². The van der Waals surface area contributed by atoms with Crippen LogP contribution < -0.4 is 14.8 Å². The van der Waals surface area contributed by atoms with Gasteiger partial charge in [-0.1, -0.05) is 22.0 Å². The summed E-state index contributed by atoms with van der Waals surface area (Å²) in [6.07, 6.45) is 0. The number of rotatable bonds is 6. The highest BCUT2D eigenvalue weighted by Crippen LogP contribution is 2.33. The number of nitrogens with one attached hydrogen (secondary N) is 1. The molecular formula is C15H18BrNO2S. The Morgan fingerprint density at radius 1 is 1.25 bits per heavy atom. The second-order valence-corrected chi connectivity index (χ2v) is 6.25. The van der Waals surface area contributed by atoms with Crippen molar-refractivity contribution in [2.45, 2.75) is 19.5 Å². The number of methoxy groups -OCH3 is 2. The van der Waals surface area contributed by atoms with E-state index >= 15 is 0 Å². The van der Waals surface area contributed by atoms with Crippen molar-refractivity contribution in [2.24, 2.45) is 0 Å². The van der Waals surface area contributed by atoms with Crippen LogP contribution in [0.3, 0.4) is 0 Å². The molecule has 0 saturated heterocycles. The SMILES string of the molecule is COc1cc(Br)c(CN[C@@H](C)c2cccs2)cc1OC. The van der Waals surface area contributed by atoms with Crippen LogP contribution in [-0.2, 0) is 6.54 Å². The Bertz CT molecular complexity index is 557. The lowest BCUT2D eigenvalue weighted by Crippen LogP contribution is -2.17. The third kappa shape index (κ3) is 3.53. The van der Waals surface area contributed by atoms with Gasteiger partial charge in [0.15, 0.2) is 11.5 Å². The lowest BCUT2D eigenvalue weighted by molar-refractivity contribution is 0.354. The maximum Gasteiger partial charge on any atom is 0.161 e. The van der Waals surface area contributed by atoms with Crippen molar-refractivity contribution in [3.63, 3.8) is 0 Å². The molecule has 0 fully saturated rings. The fraction of sp³-hybridized carbons (Fsp3) is 0.333. The van der Waals surface area contributed by atoms with E-state index in [0.29, 0.717) is 6.04 Å². The molecule has 0 radical (unpaired) electrons. The zero-order chi connectivity index (χ0) is 14.5. The van der Waals surface area contributed by atoms with Gasteiger partial charge in [-0.3, -0.25) is 0 Å². The van der Waals surface area contributed by atoms with Crippen LogP contribution in [0.25, 0.3) is 0 Å². The van der Waals surface area contributed by atoms with Crippen molar-refractivity contribution in [2.75, 3.05) is 14.2 Å². The zero-order valence-electron chi connectivity index (χ0n) is 11.8. The first kappa shape index (κ1) is 15.4. The van der Waals surface area contributed by atoms with Gasteiger partial charge in [0.25, 0.3) is 0 Å². The Morgan fingerprint density at radius 2 is 1.95 bits per heavy atom. The first-order valence-corrected chi connectivity index (χ1v) is 8.00. The molecule has 1 atom stereocenters. The van der Waals surface area contributed by atoms with E-state index in [2.05, 4.69) is 45.7 Å². The molecule has 2 aromatic rings. The van der Waals surface area contributed by atoms with Crippen LogP contribution in [0.1, 0.15) is 23.4 Å². The maximum absolute atomic E-state index is 5.34. The molecular weight excluding hydrogens is 338 g/mol. The Hall–Kier alpha value is -1.04. The molecule has 1 aromatic carbocycles. The average molecular weight is 356 g/mol. The first-order valence-electron chi connectivity index (χ1n) is 6.33. The average Bonchev–Trinajstić information content (AvgIpc) is 2.99. The molecule has 0 saturated carbocycles. The number of hydrogen-bond donors (Lipinski definition) is 1. The summed E-state index contributed by atoms with van der Waals surface area (Å²) in [6.45, 7) is 2.93. The fourth-order valence-electron chi connectivity index (χ4n) is 1.93. The number of thiophene rings is 1. The smallest absolute Gasteiger partial charge is 0.161 e. The van der Waals surface area contributed by atoms with E-state index in [1.807, 2.05) is 12.1 Å². The minimum Gasteiger partial charge on any atom is -0.493 e. The Kier molecular flexibility index (Phi) is 5.46. The van der Waals surface area contributed by atoms with E-state index in [4.69, 9.17) is 9.47 Å². The third-order valence-electron chi connectivity index (χ3n) is 3.12. The van der Waals surface area contributed by atoms with E-state index in [1.165, 1.54) is 4.88 Å². The summed E-state index contributed by atoms with van der Waals surface area (Å²) in [5, 5.41) is 5.61. The molecule has 0 unspecified atom stereocenters. The normalized spacial score (nSPS) is 12.2. The van der Waals surface area contributed by atoms with E-state index in [9.17, 15) is 0 Å². The highest BCUT2D eigenvalue weighted by molar-refractivity contribution is 9.10. The number of benzene rings is 1. The summed E-state index contributed by atoms with van der Waals surface area (Å²) >= 11 is 5.34. The summed E-state index contributed by atoms with van der Waals surface area (Å²) in [6, 6.07) is 8.48. The largest absolute Gasteiger partial charge is 0.493 e. The Labute approximate surface area is 132 Å². The van der Waals surface area contributed by atoms with Crippen molar-refractivity contribution >= 4 is 27.3 Å². The number of ether oxygens (including phenoxy) is 2. The molecule has 1 N–H and O–H groups in total. The molecule has 0 spiro atoms. The molecule has 20 heavy (non-hydrogen) atoms. The van der Waals surface area contributed by atoms with Gasteiger partial charge in [-0.25, -0.2) is 0 Å². The van der Waals surface area contributed by atoms with Gasteiger partial charge in [-0.2, -0.15) is 0 Å². The first-order chi connectivity index (χ1) is 9.65. The lowest BCUT2D eigenvalue weighted by Gasteiger charge is -2.15. The second-order valence-electron chi connectivity index (χ2n) is 4.42. The van der Waals surface area contributed by atoms with Gasteiger partial charge in [0.05, 0.1) is 14.2 Å². The predicted molar refractivity (Wildman–Crippen MR) is 86.8 cm³/mol. The van der Waals surface area contributed by atoms with Crippen LogP contribution in [-0.4, -0.2) is 14.2 Å². The maximum atomic E-state index is 5.34. The van der Waals surface area contributed by atoms with Gasteiger partial charge in [0.1, 0.15) is 0 Å². The highest BCUT2D eigenvalue weighted by Gasteiger charge is 2.11. The standard InChI is InChI=1S/C15H18BrNO2S/c1-10(15-5-4-6-20-15)17-9-11-7-13(18-2)14(19-3)8-12(11)16/h4-8,10,17H,9H2,1-3H3/t10-/m0/s1. The van der Waals surface area contributed by atoms with Gasteiger partial charge >= 0.3 is 0 Å². The van der Waals surface area contributed by atoms with E-state index in [1.54, 1.807) is 25.6 Å². The minimum atomic E-state index is 0.329. The van der Waals surface area contributed by atoms with E-state index in [0.717, 1.165) is 28.1 Å². The van der Waals surface area contributed by atoms with Crippen molar-refractivity contribution in [1.82, 2.24) is 5.32 Å². The van der Waals surface area contributed by atoms with Crippen molar-refractivity contribution < 1.29 is 9.47 Å². The van der Waals surface area contributed by atoms with Crippen LogP contribution in [0.4, 0.5) is 0 Å². The Balaban J connectivity index is 2.09. The summed E-state index contributed by atoms with van der Waals surface area (Å²) in [7, 11) is 3.29. The van der Waals surface area contributed by atoms with Crippen molar-refractivity contribution in [3.8, 4) is 11.5 Å². The quantitative estimate of drug-likeness (QED) is 0.833. The molecule has 1 aromatic heterocycles. The van der Waals surface area contributed by atoms with Crippen molar-refractivity contribution in [1.29, 1.82) is 0 Å². The van der Waals surface area contributed by atoms with Crippen LogP contribution in [0.5, 0.6) is 11.5 Å². The summed E-state index contributed by atoms with van der Waals surface area (Å²) < 4.78 is 11.6. The molecule has 1 heterocycles. The Morgan fingerprint density at radius 3 is 2.55 bits per heavy atom. The molecule has 3 nitrogen and oxygen atoms in total. The minimum absolute atomic E-state index is 0.329. The van der Waals surface area contributed by atoms with Gasteiger partial charge in [-0.05, 0) is 36.1 Å². The molecule has 0 aliphatic rings. The van der Waals surface area contributed by atoms with Crippen LogP contribution >= 0.6 is 27.3 Å². The number of halogens is 1. The molecule has 0 aliphatic heterocycles. The highest BCUT2D eigenvalue weighted by atomic mass is 79.9. The number of hydrogen-bond acceptors (Lipinski definition) is 4. The lowest BCUT2D eigenvalue weighted by atomic mass is 10.2. The summed E-state index contributed by atoms with van der Waals surface area (Å²) in [4.78, 5) is 1.33. The van der Waals surface area contributed by atoms with Crippen LogP contribution in [0.2, 0.25) is 0 Å². The topological polar surface area (TPSA) is 30.5 Å². The second kappa shape index (κ2) is 7.11. The van der Waals surface area contributed by atoms with Gasteiger partial charge < -0.3 is 14.8 Å². The van der Waals surface area contributed by atoms with Crippen LogP contribution in [0, 0.1) is 0 Å². The molecule has 0 amide bonds. The molecule has 108 valence electrons. The molecule has 5 heteroatoms.